The number of Topliss-reactive ketones (excluding diaryl/α,β-unsaturated/α-hetero) is 1. The normalized spacial score (nSPS) is 10.7. The molecule has 0 N–H and O–H groups in total. The number of aromatic nitrogens is 2. The van der Waals surface area contributed by atoms with Crippen molar-refractivity contribution in [2.24, 2.45) is 0 Å². The smallest absolute Gasteiger partial charge is 0.271 e. The third-order valence-corrected chi connectivity index (χ3v) is 2.47. The molecule has 0 radical (unpaired) electrons. The Labute approximate surface area is 102 Å². The minimum atomic E-state index is -0.478. The highest BCUT2D eigenvalue weighted by atomic mass is 16.6. The Kier molecular flexibility index (Phi) is 3.33. The Hall–Kier alpha value is -2.28. The molecular weight excluding hydrogens is 238 g/mol. The van der Waals surface area contributed by atoms with Gasteiger partial charge in [-0.15, -0.1) is 0 Å². The van der Waals surface area contributed by atoms with E-state index in [4.69, 9.17) is 4.74 Å². The number of hydrogen-bond acceptors (Lipinski definition) is 5. The van der Waals surface area contributed by atoms with Crippen LogP contribution in [-0.2, 0) is 16.1 Å². The molecule has 0 aliphatic rings. The maximum absolute atomic E-state index is 11.5. The fraction of sp³-hybridized carbons (Fsp3) is 0.273. The molecule has 18 heavy (non-hydrogen) atoms. The monoisotopic (exact) mass is 249 g/mol. The summed E-state index contributed by atoms with van der Waals surface area (Å²) in [5.74, 6) is -0.144. The molecule has 94 valence electrons. The zero-order valence-electron chi connectivity index (χ0n) is 9.70. The Balaban J connectivity index is 2.36. The Morgan fingerprint density at radius 2 is 2.33 bits per heavy atom. The third kappa shape index (κ3) is 2.35. The average Bonchev–Trinajstić information content (AvgIpc) is 2.72. The zero-order valence-corrected chi connectivity index (χ0v) is 9.70. The first kappa shape index (κ1) is 12.2. The van der Waals surface area contributed by atoms with E-state index in [1.165, 1.54) is 23.9 Å². The molecular formula is C11H11N3O4. The number of rotatable bonds is 5. The SMILES string of the molecule is COCC(=O)Cn1ncc2ccc([N+](=O)[O-])cc21. The Morgan fingerprint density at radius 3 is 3.00 bits per heavy atom. The van der Waals surface area contributed by atoms with E-state index >= 15 is 0 Å². The molecule has 2 rings (SSSR count). The van der Waals surface area contributed by atoms with Crippen LogP contribution in [0.2, 0.25) is 0 Å². The maximum atomic E-state index is 11.5. The number of benzene rings is 1. The van der Waals surface area contributed by atoms with Gasteiger partial charge in [0.1, 0.15) is 13.2 Å². The lowest BCUT2D eigenvalue weighted by Gasteiger charge is -2.02. The van der Waals surface area contributed by atoms with Crippen molar-refractivity contribution in [2.75, 3.05) is 13.7 Å². The number of hydrogen-bond donors (Lipinski definition) is 0. The number of ketones is 1. The summed E-state index contributed by atoms with van der Waals surface area (Å²) in [6.45, 7) is 0.0365. The van der Waals surface area contributed by atoms with Crippen molar-refractivity contribution in [1.29, 1.82) is 0 Å². The third-order valence-electron chi connectivity index (χ3n) is 2.47. The van der Waals surface area contributed by atoms with Crippen LogP contribution in [0, 0.1) is 10.1 Å². The summed E-state index contributed by atoms with van der Waals surface area (Å²) in [5, 5.41) is 15.5. The molecule has 1 aromatic carbocycles. The molecule has 0 bridgehead atoms. The van der Waals surface area contributed by atoms with Crippen LogP contribution in [0.15, 0.2) is 24.4 Å². The summed E-state index contributed by atoms with van der Waals surface area (Å²) < 4.78 is 6.16. The lowest BCUT2D eigenvalue weighted by Crippen LogP contribution is -2.15. The topological polar surface area (TPSA) is 87.3 Å². The number of nitro benzene ring substituents is 1. The Morgan fingerprint density at radius 1 is 1.56 bits per heavy atom. The first-order chi connectivity index (χ1) is 8.61. The van der Waals surface area contributed by atoms with E-state index in [1.54, 1.807) is 12.3 Å². The summed E-state index contributed by atoms with van der Waals surface area (Å²) in [6, 6.07) is 4.42. The van der Waals surface area contributed by atoms with E-state index in [-0.39, 0.29) is 24.6 Å². The lowest BCUT2D eigenvalue weighted by atomic mass is 10.2. The predicted octanol–water partition coefficient (Wildman–Crippen LogP) is 1.16. The molecule has 0 aliphatic heterocycles. The Bertz CT molecular complexity index is 605. The van der Waals surface area contributed by atoms with Gasteiger partial charge in [0.15, 0.2) is 5.78 Å². The molecule has 0 amide bonds. The maximum Gasteiger partial charge on any atom is 0.271 e. The minimum Gasteiger partial charge on any atom is -0.377 e. The van der Waals surface area contributed by atoms with Crippen LogP contribution in [0.1, 0.15) is 0 Å². The van der Waals surface area contributed by atoms with Crippen molar-refractivity contribution < 1.29 is 14.5 Å². The van der Waals surface area contributed by atoms with Crippen LogP contribution in [-0.4, -0.2) is 34.2 Å². The largest absolute Gasteiger partial charge is 0.377 e. The van der Waals surface area contributed by atoms with Crippen LogP contribution >= 0.6 is 0 Å². The van der Waals surface area contributed by atoms with Crippen molar-refractivity contribution in [2.45, 2.75) is 6.54 Å². The van der Waals surface area contributed by atoms with Gasteiger partial charge in [0.25, 0.3) is 5.69 Å². The van der Waals surface area contributed by atoms with Gasteiger partial charge in [-0.25, -0.2) is 0 Å². The second-order valence-corrected chi connectivity index (χ2v) is 3.77. The standard InChI is InChI=1S/C11H11N3O4/c1-18-7-10(15)6-13-11-4-9(14(16)17)3-2-8(11)5-12-13/h2-5H,6-7H2,1H3. The van der Waals surface area contributed by atoms with Crippen LogP contribution in [0.25, 0.3) is 10.9 Å². The minimum absolute atomic E-state index is 0.00369. The van der Waals surface area contributed by atoms with Gasteiger partial charge in [-0.1, -0.05) is 0 Å². The molecule has 1 heterocycles. The molecule has 2 aromatic rings. The summed E-state index contributed by atoms with van der Waals surface area (Å²) >= 11 is 0. The molecule has 7 heteroatoms. The number of carbonyl (C=O) groups is 1. The predicted molar refractivity (Wildman–Crippen MR) is 63.3 cm³/mol. The van der Waals surface area contributed by atoms with Crippen LogP contribution < -0.4 is 0 Å². The second-order valence-electron chi connectivity index (χ2n) is 3.77. The fourth-order valence-corrected chi connectivity index (χ4v) is 1.67. The van der Waals surface area contributed by atoms with Gasteiger partial charge in [0.2, 0.25) is 0 Å². The van der Waals surface area contributed by atoms with Crippen LogP contribution in [0.5, 0.6) is 0 Å². The van der Waals surface area contributed by atoms with Gasteiger partial charge in [-0.05, 0) is 6.07 Å². The van der Waals surface area contributed by atoms with Gasteiger partial charge in [-0.3, -0.25) is 19.6 Å². The summed E-state index contributed by atoms with van der Waals surface area (Å²) in [4.78, 5) is 21.7. The van der Waals surface area contributed by atoms with E-state index in [9.17, 15) is 14.9 Å². The van der Waals surface area contributed by atoms with E-state index in [2.05, 4.69) is 5.10 Å². The lowest BCUT2D eigenvalue weighted by molar-refractivity contribution is -0.384. The van der Waals surface area contributed by atoms with Gasteiger partial charge in [-0.2, -0.15) is 5.10 Å². The number of nitro groups is 1. The van der Waals surface area contributed by atoms with Crippen molar-refractivity contribution in [3.05, 3.63) is 34.5 Å². The van der Waals surface area contributed by atoms with E-state index in [0.29, 0.717) is 5.52 Å². The van der Waals surface area contributed by atoms with Crippen LogP contribution in [0.3, 0.4) is 0 Å². The average molecular weight is 249 g/mol. The van der Waals surface area contributed by atoms with Gasteiger partial charge < -0.3 is 4.74 Å². The summed E-state index contributed by atoms with van der Waals surface area (Å²) in [6.07, 6.45) is 1.57. The van der Waals surface area contributed by atoms with Crippen molar-refractivity contribution in [3.63, 3.8) is 0 Å². The molecule has 0 aliphatic carbocycles. The molecule has 1 aromatic heterocycles. The molecule has 7 nitrogen and oxygen atoms in total. The second kappa shape index (κ2) is 4.92. The van der Waals surface area contributed by atoms with E-state index < -0.39 is 4.92 Å². The molecule has 0 spiro atoms. The highest BCUT2D eigenvalue weighted by Gasteiger charge is 2.12. The van der Waals surface area contributed by atoms with E-state index in [0.717, 1.165) is 5.39 Å². The van der Waals surface area contributed by atoms with Gasteiger partial charge >= 0.3 is 0 Å². The quantitative estimate of drug-likeness (QED) is 0.586. The van der Waals surface area contributed by atoms with Gasteiger partial charge in [0, 0.05) is 24.6 Å². The number of methoxy groups -OCH3 is 1. The molecule has 0 saturated carbocycles. The number of nitrogens with zero attached hydrogens (tertiary/aromatic N) is 3. The molecule has 0 unspecified atom stereocenters. The van der Waals surface area contributed by atoms with Crippen molar-refractivity contribution in [3.8, 4) is 0 Å². The van der Waals surface area contributed by atoms with Crippen molar-refractivity contribution >= 4 is 22.4 Å². The van der Waals surface area contributed by atoms with E-state index in [1.807, 2.05) is 0 Å². The number of carbonyl (C=O) groups excluding carboxylic acids is 1. The fourth-order valence-electron chi connectivity index (χ4n) is 1.67. The molecule has 0 atom stereocenters. The molecule has 0 saturated heterocycles. The highest BCUT2D eigenvalue weighted by Crippen LogP contribution is 2.20. The zero-order chi connectivity index (χ0) is 13.1. The summed E-state index contributed by atoms with van der Waals surface area (Å²) in [7, 11) is 1.43. The number of fused-ring (bicyclic) bond motifs is 1. The number of ether oxygens (including phenoxy) is 1. The highest BCUT2D eigenvalue weighted by molar-refractivity contribution is 5.84. The first-order valence-corrected chi connectivity index (χ1v) is 5.22. The number of non-ortho nitro benzene ring substituents is 1. The van der Waals surface area contributed by atoms with Crippen LogP contribution in [0.4, 0.5) is 5.69 Å². The van der Waals surface area contributed by atoms with Crippen molar-refractivity contribution in [1.82, 2.24) is 9.78 Å². The first-order valence-electron chi connectivity index (χ1n) is 5.22. The van der Waals surface area contributed by atoms with Gasteiger partial charge in [0.05, 0.1) is 16.6 Å². The molecule has 0 fully saturated rings. The summed E-state index contributed by atoms with van der Waals surface area (Å²) in [5.41, 5.74) is 0.539.